The largest absolute Gasteiger partial charge is 0.467 e. The van der Waals surface area contributed by atoms with Crippen LogP contribution in [-0.4, -0.2) is 18.5 Å². The van der Waals surface area contributed by atoms with Crippen LogP contribution in [0.5, 0.6) is 17.2 Å². The monoisotopic (exact) mass is 430 g/mol. The van der Waals surface area contributed by atoms with Crippen molar-refractivity contribution in [2.45, 2.75) is 20.5 Å². The quantitative estimate of drug-likeness (QED) is 0.404. The van der Waals surface area contributed by atoms with Crippen molar-refractivity contribution >= 4 is 33.8 Å². The van der Waals surface area contributed by atoms with Gasteiger partial charge in [-0.05, 0) is 37.3 Å². The zero-order valence-corrected chi connectivity index (χ0v) is 16.2. The van der Waals surface area contributed by atoms with Gasteiger partial charge in [-0.15, -0.1) is 0 Å². The summed E-state index contributed by atoms with van der Waals surface area (Å²) < 4.78 is 22.7. The molecule has 0 fully saturated rings. The number of benzene rings is 2. The Hall–Kier alpha value is -2.64. The van der Waals surface area contributed by atoms with Crippen LogP contribution in [-0.2, 0) is 16.1 Å². The number of ether oxygens (including phenoxy) is 4. The Morgan fingerprint density at radius 1 is 1.26 bits per heavy atom. The molecule has 0 saturated heterocycles. The van der Waals surface area contributed by atoms with Crippen LogP contribution >= 0.6 is 15.9 Å². The van der Waals surface area contributed by atoms with Crippen molar-refractivity contribution in [2.24, 2.45) is 0 Å². The summed E-state index contributed by atoms with van der Waals surface area (Å²) in [6, 6.07) is 6.97. The molecule has 2 aliphatic rings. The van der Waals surface area contributed by atoms with E-state index in [1.54, 1.807) is 25.1 Å². The molecule has 0 unspecified atom stereocenters. The summed E-state index contributed by atoms with van der Waals surface area (Å²) in [4.78, 5) is 24.0. The second-order valence-electron chi connectivity index (χ2n) is 6.19. The molecule has 0 saturated carbocycles. The van der Waals surface area contributed by atoms with E-state index in [0.717, 1.165) is 15.6 Å². The fourth-order valence-electron chi connectivity index (χ4n) is 3.09. The van der Waals surface area contributed by atoms with Gasteiger partial charge in [0, 0.05) is 28.1 Å². The molecule has 2 aromatic carbocycles. The molecule has 0 spiro atoms. The number of ketones is 1. The average molecular weight is 431 g/mol. The molecular formula is C20H15BrO6. The van der Waals surface area contributed by atoms with E-state index in [4.69, 9.17) is 18.9 Å². The highest BCUT2D eigenvalue weighted by atomic mass is 79.9. The maximum atomic E-state index is 12.8. The number of allylic oxidation sites excluding steroid dienone is 1. The smallest absolute Gasteiger partial charge is 0.308 e. The third-order valence-electron chi connectivity index (χ3n) is 4.28. The van der Waals surface area contributed by atoms with Crippen LogP contribution in [0.2, 0.25) is 0 Å². The second kappa shape index (κ2) is 6.83. The standard InChI is InChI=1S/C20H15BrO6/c1-10-16(26-11(2)22)4-3-15-18(23)17(27-19(10)15)7-12-5-14(21)6-13-8-24-9-25-20(12)13/h3-7H,8-9H2,1-2H3/b17-7-. The molecule has 0 atom stereocenters. The lowest BCUT2D eigenvalue weighted by Crippen LogP contribution is -2.12. The van der Waals surface area contributed by atoms with Crippen molar-refractivity contribution in [3.8, 4) is 17.2 Å². The first kappa shape index (κ1) is 17.8. The number of rotatable bonds is 2. The Bertz CT molecular complexity index is 1010. The van der Waals surface area contributed by atoms with Gasteiger partial charge in [0.15, 0.2) is 12.6 Å². The topological polar surface area (TPSA) is 71.1 Å². The maximum absolute atomic E-state index is 12.8. The van der Waals surface area contributed by atoms with E-state index in [0.29, 0.717) is 35.0 Å². The van der Waals surface area contributed by atoms with Crippen molar-refractivity contribution in [3.63, 3.8) is 0 Å². The normalized spacial score (nSPS) is 16.4. The van der Waals surface area contributed by atoms with Gasteiger partial charge in [0.25, 0.3) is 0 Å². The lowest BCUT2D eigenvalue weighted by molar-refractivity contribution is -0.131. The highest BCUT2D eigenvalue weighted by Gasteiger charge is 2.31. The number of fused-ring (bicyclic) bond motifs is 2. The highest BCUT2D eigenvalue weighted by Crippen LogP contribution is 2.40. The van der Waals surface area contributed by atoms with E-state index < -0.39 is 5.97 Å². The van der Waals surface area contributed by atoms with Crippen molar-refractivity contribution in [1.29, 1.82) is 0 Å². The summed E-state index contributed by atoms with van der Waals surface area (Å²) in [6.07, 6.45) is 1.65. The zero-order valence-electron chi connectivity index (χ0n) is 14.6. The molecule has 2 heterocycles. The number of carbonyl (C=O) groups is 2. The summed E-state index contributed by atoms with van der Waals surface area (Å²) in [5, 5.41) is 0. The predicted molar refractivity (Wildman–Crippen MR) is 99.8 cm³/mol. The Morgan fingerprint density at radius 3 is 2.85 bits per heavy atom. The molecule has 0 radical (unpaired) electrons. The molecule has 2 aliphatic heterocycles. The van der Waals surface area contributed by atoms with Crippen molar-refractivity contribution in [3.05, 3.63) is 56.8 Å². The number of hydrogen-bond donors (Lipinski definition) is 0. The Labute approximate surface area is 163 Å². The number of esters is 1. The van der Waals surface area contributed by atoms with Crippen LogP contribution < -0.4 is 14.2 Å². The van der Waals surface area contributed by atoms with Crippen LogP contribution in [0.3, 0.4) is 0 Å². The molecule has 0 amide bonds. The number of carbonyl (C=O) groups excluding carboxylic acids is 2. The fraction of sp³-hybridized carbons (Fsp3) is 0.200. The third kappa shape index (κ3) is 3.24. The SMILES string of the molecule is CC(=O)Oc1ccc2c(c1C)O/C(=C\c1cc(Br)cc3c1OCOC3)C2=O. The lowest BCUT2D eigenvalue weighted by Gasteiger charge is -2.20. The predicted octanol–water partition coefficient (Wildman–Crippen LogP) is 4.17. The molecule has 7 heteroatoms. The second-order valence-corrected chi connectivity index (χ2v) is 7.11. The Kier molecular flexibility index (Phi) is 4.49. The van der Waals surface area contributed by atoms with Gasteiger partial charge in [0.2, 0.25) is 5.78 Å². The van der Waals surface area contributed by atoms with Gasteiger partial charge < -0.3 is 18.9 Å². The van der Waals surface area contributed by atoms with E-state index >= 15 is 0 Å². The summed E-state index contributed by atoms with van der Waals surface area (Å²) in [6.45, 7) is 3.66. The van der Waals surface area contributed by atoms with Gasteiger partial charge in [-0.1, -0.05) is 15.9 Å². The third-order valence-corrected chi connectivity index (χ3v) is 4.74. The van der Waals surface area contributed by atoms with Crippen molar-refractivity contribution in [1.82, 2.24) is 0 Å². The summed E-state index contributed by atoms with van der Waals surface area (Å²) in [5.74, 6) is 0.959. The first-order valence-corrected chi connectivity index (χ1v) is 9.02. The van der Waals surface area contributed by atoms with E-state index in [2.05, 4.69) is 15.9 Å². The minimum absolute atomic E-state index is 0.157. The average Bonchev–Trinajstić information content (AvgIpc) is 2.94. The van der Waals surface area contributed by atoms with E-state index in [1.807, 2.05) is 12.1 Å². The zero-order chi connectivity index (χ0) is 19.1. The van der Waals surface area contributed by atoms with Gasteiger partial charge in [0.05, 0.1) is 12.2 Å². The van der Waals surface area contributed by atoms with Gasteiger partial charge in [-0.3, -0.25) is 9.59 Å². The van der Waals surface area contributed by atoms with Gasteiger partial charge in [-0.25, -0.2) is 0 Å². The Balaban J connectivity index is 1.74. The van der Waals surface area contributed by atoms with Crippen LogP contribution in [0.4, 0.5) is 0 Å². The van der Waals surface area contributed by atoms with Crippen molar-refractivity contribution in [2.75, 3.05) is 6.79 Å². The van der Waals surface area contributed by atoms with Crippen LogP contribution in [0, 0.1) is 6.92 Å². The van der Waals surface area contributed by atoms with Gasteiger partial charge in [0.1, 0.15) is 17.2 Å². The van der Waals surface area contributed by atoms with Crippen LogP contribution in [0.15, 0.2) is 34.5 Å². The molecule has 0 aromatic heterocycles. The number of Topliss-reactive ketones (excluding diaryl/α,β-unsaturated/α-hetero) is 1. The minimum atomic E-state index is -0.432. The lowest BCUT2D eigenvalue weighted by atomic mass is 10.0. The van der Waals surface area contributed by atoms with E-state index in [-0.39, 0.29) is 18.3 Å². The van der Waals surface area contributed by atoms with Gasteiger partial charge in [-0.2, -0.15) is 0 Å². The maximum Gasteiger partial charge on any atom is 0.308 e. The molecule has 4 rings (SSSR count). The molecule has 138 valence electrons. The van der Waals surface area contributed by atoms with E-state index in [9.17, 15) is 9.59 Å². The molecule has 0 N–H and O–H groups in total. The van der Waals surface area contributed by atoms with Crippen LogP contribution in [0.1, 0.15) is 34.0 Å². The number of hydrogen-bond acceptors (Lipinski definition) is 6. The Morgan fingerprint density at radius 2 is 2.07 bits per heavy atom. The number of halogens is 1. The minimum Gasteiger partial charge on any atom is -0.467 e. The summed E-state index contributed by atoms with van der Waals surface area (Å²) in [5.41, 5.74) is 2.64. The molecule has 6 nitrogen and oxygen atoms in total. The first-order valence-electron chi connectivity index (χ1n) is 8.23. The fourth-order valence-corrected chi connectivity index (χ4v) is 3.61. The van der Waals surface area contributed by atoms with Crippen molar-refractivity contribution < 1.29 is 28.5 Å². The van der Waals surface area contributed by atoms with Crippen LogP contribution in [0.25, 0.3) is 6.08 Å². The molecule has 0 aliphatic carbocycles. The molecule has 0 bridgehead atoms. The summed E-state index contributed by atoms with van der Waals surface area (Å²) >= 11 is 3.46. The first-order chi connectivity index (χ1) is 12.9. The highest BCUT2D eigenvalue weighted by molar-refractivity contribution is 9.10. The molecular weight excluding hydrogens is 416 g/mol. The molecule has 27 heavy (non-hydrogen) atoms. The van der Waals surface area contributed by atoms with E-state index in [1.165, 1.54) is 6.92 Å². The van der Waals surface area contributed by atoms with Gasteiger partial charge >= 0.3 is 5.97 Å². The summed E-state index contributed by atoms with van der Waals surface area (Å²) in [7, 11) is 0. The molecule has 2 aromatic rings.